The quantitative estimate of drug-likeness (QED) is 0.588. The van der Waals surface area contributed by atoms with E-state index in [4.69, 9.17) is 10.7 Å². The molecule has 4 rings (SSSR count). The van der Waals surface area contributed by atoms with Gasteiger partial charge in [0.25, 0.3) is 0 Å². The van der Waals surface area contributed by atoms with Crippen molar-refractivity contribution in [2.24, 2.45) is 0 Å². The van der Waals surface area contributed by atoms with Gasteiger partial charge in [0.05, 0.1) is 6.54 Å². The molecule has 118 valence electrons. The Morgan fingerprint density at radius 3 is 2.67 bits per heavy atom. The second-order valence-electron chi connectivity index (χ2n) is 5.86. The monoisotopic (exact) mass is 315 g/mol. The van der Waals surface area contributed by atoms with Gasteiger partial charge in [-0.25, -0.2) is 9.97 Å². The number of nitrogens with zero attached hydrogens (tertiary/aromatic N) is 4. The van der Waals surface area contributed by atoms with E-state index in [1.165, 1.54) is 0 Å². The smallest absolute Gasteiger partial charge is 0.160 e. The molecule has 5 heteroatoms. The number of rotatable bonds is 3. The predicted molar refractivity (Wildman–Crippen MR) is 95.5 cm³/mol. The zero-order valence-electron chi connectivity index (χ0n) is 13.3. The highest BCUT2D eigenvalue weighted by Gasteiger charge is 2.14. The largest absolute Gasteiger partial charge is 0.399 e. The number of nitrogen functional groups attached to an aromatic ring is 1. The van der Waals surface area contributed by atoms with Crippen molar-refractivity contribution in [2.45, 2.75) is 13.5 Å². The molecular formula is C19H17N5. The minimum atomic E-state index is 0.678. The van der Waals surface area contributed by atoms with Crippen molar-refractivity contribution in [3.8, 4) is 11.4 Å². The first-order chi connectivity index (χ1) is 11.7. The van der Waals surface area contributed by atoms with Crippen LogP contribution in [0.15, 0.2) is 61.1 Å². The molecule has 0 fully saturated rings. The predicted octanol–water partition coefficient (Wildman–Crippen LogP) is 3.43. The van der Waals surface area contributed by atoms with E-state index >= 15 is 0 Å². The summed E-state index contributed by atoms with van der Waals surface area (Å²) < 4.78 is 2.12. The molecule has 3 heterocycles. The molecular weight excluding hydrogens is 298 g/mol. The number of nitrogens with two attached hydrogens (primary N) is 1. The minimum Gasteiger partial charge on any atom is -0.399 e. The third kappa shape index (κ3) is 2.60. The van der Waals surface area contributed by atoms with Crippen LogP contribution >= 0.6 is 0 Å². The van der Waals surface area contributed by atoms with Crippen LogP contribution in [0.1, 0.15) is 11.1 Å². The summed E-state index contributed by atoms with van der Waals surface area (Å²) in [5, 5.41) is 0. The molecule has 0 radical (unpaired) electrons. The lowest BCUT2D eigenvalue weighted by atomic mass is 10.2. The van der Waals surface area contributed by atoms with Crippen LogP contribution < -0.4 is 5.73 Å². The summed E-state index contributed by atoms with van der Waals surface area (Å²) in [5.74, 6) is 0.869. The summed E-state index contributed by atoms with van der Waals surface area (Å²) in [6.07, 6.45) is 5.46. The molecule has 0 saturated carbocycles. The Morgan fingerprint density at radius 1 is 1.08 bits per heavy atom. The summed E-state index contributed by atoms with van der Waals surface area (Å²) in [6.45, 7) is 2.70. The van der Waals surface area contributed by atoms with Crippen LogP contribution in [-0.4, -0.2) is 19.5 Å². The summed E-state index contributed by atoms with van der Waals surface area (Å²) in [4.78, 5) is 13.6. The maximum Gasteiger partial charge on any atom is 0.160 e. The van der Waals surface area contributed by atoms with Crippen molar-refractivity contribution in [1.29, 1.82) is 0 Å². The molecule has 0 saturated heterocycles. The number of imidazole rings is 1. The molecule has 0 aliphatic carbocycles. The zero-order valence-corrected chi connectivity index (χ0v) is 13.3. The van der Waals surface area contributed by atoms with E-state index < -0.39 is 0 Å². The molecule has 24 heavy (non-hydrogen) atoms. The van der Waals surface area contributed by atoms with E-state index in [-0.39, 0.29) is 0 Å². The van der Waals surface area contributed by atoms with E-state index in [2.05, 4.69) is 20.6 Å². The van der Waals surface area contributed by atoms with Gasteiger partial charge < -0.3 is 10.3 Å². The molecule has 0 aliphatic heterocycles. The van der Waals surface area contributed by atoms with E-state index in [0.717, 1.165) is 39.4 Å². The van der Waals surface area contributed by atoms with Gasteiger partial charge in [0.15, 0.2) is 5.65 Å². The maximum absolute atomic E-state index is 5.79. The molecule has 0 amide bonds. The molecule has 0 bridgehead atoms. The molecule has 1 aromatic carbocycles. The Hall–Kier alpha value is -3.21. The minimum absolute atomic E-state index is 0.678. The lowest BCUT2D eigenvalue weighted by Gasteiger charge is -2.09. The summed E-state index contributed by atoms with van der Waals surface area (Å²) in [6, 6.07) is 13.9. The Bertz CT molecular complexity index is 988. The van der Waals surface area contributed by atoms with Crippen LogP contribution in [0.2, 0.25) is 0 Å². The Morgan fingerprint density at radius 2 is 1.92 bits per heavy atom. The van der Waals surface area contributed by atoms with Gasteiger partial charge >= 0.3 is 0 Å². The fourth-order valence-electron chi connectivity index (χ4n) is 2.78. The highest BCUT2D eigenvalue weighted by molar-refractivity contribution is 5.77. The Labute approximate surface area is 139 Å². The normalized spacial score (nSPS) is 11.0. The van der Waals surface area contributed by atoms with Gasteiger partial charge in [0.1, 0.15) is 11.3 Å². The van der Waals surface area contributed by atoms with Crippen molar-refractivity contribution in [2.75, 3.05) is 5.73 Å². The van der Waals surface area contributed by atoms with Gasteiger partial charge in [-0.15, -0.1) is 0 Å². The van der Waals surface area contributed by atoms with Crippen LogP contribution in [0.4, 0.5) is 5.69 Å². The second-order valence-corrected chi connectivity index (χ2v) is 5.86. The van der Waals surface area contributed by atoms with Crippen molar-refractivity contribution >= 4 is 16.9 Å². The number of hydrogen-bond acceptors (Lipinski definition) is 4. The number of fused-ring (bicyclic) bond motifs is 1. The average molecular weight is 315 g/mol. The second kappa shape index (κ2) is 5.77. The van der Waals surface area contributed by atoms with Gasteiger partial charge in [-0.2, -0.15) is 0 Å². The van der Waals surface area contributed by atoms with Gasteiger partial charge in [0, 0.05) is 29.8 Å². The fraction of sp³-hybridized carbons (Fsp3) is 0.105. The average Bonchev–Trinajstić information content (AvgIpc) is 2.95. The molecule has 5 nitrogen and oxygen atoms in total. The van der Waals surface area contributed by atoms with E-state index in [1.54, 1.807) is 6.20 Å². The number of hydrogen-bond donors (Lipinski definition) is 1. The third-order valence-corrected chi connectivity index (χ3v) is 3.96. The van der Waals surface area contributed by atoms with E-state index in [9.17, 15) is 0 Å². The van der Waals surface area contributed by atoms with Crippen LogP contribution in [0.3, 0.4) is 0 Å². The number of benzene rings is 1. The topological polar surface area (TPSA) is 69.6 Å². The van der Waals surface area contributed by atoms with Crippen LogP contribution in [-0.2, 0) is 6.54 Å². The standard InChI is InChI=1S/C19H17N5/c1-13-9-17-19(22-10-13)24(12-14-4-6-16(20)7-5-14)18(23-17)15-3-2-8-21-11-15/h2-11H,12,20H2,1H3. The van der Waals surface area contributed by atoms with Gasteiger partial charge in [-0.05, 0) is 48.4 Å². The van der Waals surface area contributed by atoms with Crippen molar-refractivity contribution in [3.63, 3.8) is 0 Å². The summed E-state index contributed by atoms with van der Waals surface area (Å²) >= 11 is 0. The summed E-state index contributed by atoms with van der Waals surface area (Å²) in [5.41, 5.74) is 11.5. The highest BCUT2D eigenvalue weighted by Crippen LogP contribution is 2.25. The molecule has 0 aliphatic rings. The highest BCUT2D eigenvalue weighted by atomic mass is 15.1. The molecule has 0 atom stereocenters. The molecule has 0 unspecified atom stereocenters. The molecule has 0 spiro atoms. The van der Waals surface area contributed by atoms with E-state index in [1.807, 2.05) is 55.7 Å². The molecule has 2 N–H and O–H groups in total. The fourth-order valence-corrected chi connectivity index (χ4v) is 2.78. The van der Waals surface area contributed by atoms with E-state index in [0.29, 0.717) is 6.54 Å². The number of aromatic nitrogens is 4. The maximum atomic E-state index is 5.79. The van der Waals surface area contributed by atoms with Crippen molar-refractivity contribution < 1.29 is 0 Å². The first kappa shape index (κ1) is 14.4. The first-order valence-corrected chi connectivity index (χ1v) is 7.78. The number of anilines is 1. The molecule has 3 aromatic heterocycles. The van der Waals surface area contributed by atoms with Gasteiger partial charge in [-0.3, -0.25) is 4.98 Å². The lowest BCUT2D eigenvalue weighted by molar-refractivity contribution is 0.823. The van der Waals surface area contributed by atoms with Crippen LogP contribution in [0, 0.1) is 6.92 Å². The third-order valence-electron chi connectivity index (χ3n) is 3.96. The number of pyridine rings is 2. The van der Waals surface area contributed by atoms with Crippen LogP contribution in [0.5, 0.6) is 0 Å². The van der Waals surface area contributed by atoms with Gasteiger partial charge in [-0.1, -0.05) is 12.1 Å². The molecule has 4 aromatic rings. The lowest BCUT2D eigenvalue weighted by Crippen LogP contribution is -2.03. The van der Waals surface area contributed by atoms with Gasteiger partial charge in [0.2, 0.25) is 0 Å². The summed E-state index contributed by atoms with van der Waals surface area (Å²) in [7, 11) is 0. The zero-order chi connectivity index (χ0) is 16.5. The number of aryl methyl sites for hydroxylation is 1. The SMILES string of the molecule is Cc1cnc2c(c1)nc(-c1cccnc1)n2Cc1ccc(N)cc1. The Kier molecular flexibility index (Phi) is 3.46. The van der Waals surface area contributed by atoms with Crippen LogP contribution in [0.25, 0.3) is 22.6 Å². The Balaban J connectivity index is 1.89. The van der Waals surface area contributed by atoms with Crippen molar-refractivity contribution in [3.05, 3.63) is 72.2 Å². The first-order valence-electron chi connectivity index (χ1n) is 7.78. The van der Waals surface area contributed by atoms with Crippen molar-refractivity contribution in [1.82, 2.24) is 19.5 Å².